The van der Waals surface area contributed by atoms with E-state index in [-0.39, 0.29) is 24.3 Å². The van der Waals surface area contributed by atoms with Crippen LogP contribution in [0.25, 0.3) is 11.9 Å². The fourth-order valence-corrected chi connectivity index (χ4v) is 4.07. The number of pyridine rings is 1. The fourth-order valence-electron chi connectivity index (χ4n) is 4.07. The number of hydrogen-bond acceptors (Lipinski definition) is 5. The van der Waals surface area contributed by atoms with E-state index in [0.717, 1.165) is 50.5 Å². The summed E-state index contributed by atoms with van der Waals surface area (Å²) in [5, 5.41) is 4.44. The van der Waals surface area contributed by atoms with Crippen LogP contribution in [0.3, 0.4) is 0 Å². The molecule has 4 rings (SSSR count). The number of ether oxygens (including phenoxy) is 2. The summed E-state index contributed by atoms with van der Waals surface area (Å²) >= 11 is 0. The van der Waals surface area contributed by atoms with Crippen molar-refractivity contribution in [1.29, 1.82) is 0 Å². The highest BCUT2D eigenvalue weighted by atomic mass is 19.1. The Labute approximate surface area is 171 Å². The second kappa shape index (κ2) is 8.63. The Morgan fingerprint density at radius 1 is 1.21 bits per heavy atom. The molecule has 2 aromatic rings. The summed E-state index contributed by atoms with van der Waals surface area (Å²) < 4.78 is 28.2. The number of halogens is 1. The van der Waals surface area contributed by atoms with Crippen molar-refractivity contribution in [2.45, 2.75) is 58.5 Å². The first-order chi connectivity index (χ1) is 14.0. The number of anilines is 1. The van der Waals surface area contributed by atoms with Gasteiger partial charge in [0.25, 0.3) is 0 Å². The van der Waals surface area contributed by atoms with Crippen LogP contribution in [-0.2, 0) is 9.47 Å². The largest absolute Gasteiger partial charge is 0.372 e. The van der Waals surface area contributed by atoms with E-state index in [4.69, 9.17) is 9.47 Å². The van der Waals surface area contributed by atoms with E-state index >= 15 is 0 Å². The van der Waals surface area contributed by atoms with E-state index in [1.165, 1.54) is 6.08 Å². The van der Waals surface area contributed by atoms with E-state index in [0.29, 0.717) is 11.3 Å². The smallest absolute Gasteiger partial charge is 0.151 e. The molecule has 0 aliphatic carbocycles. The lowest BCUT2D eigenvalue weighted by molar-refractivity contribution is -0.0407. The number of morpholine rings is 1. The molecule has 7 heteroatoms. The molecular formula is C22H29FN4O2. The predicted molar refractivity (Wildman–Crippen MR) is 111 cm³/mol. The van der Waals surface area contributed by atoms with Crippen LogP contribution in [0.4, 0.5) is 10.2 Å². The van der Waals surface area contributed by atoms with Crippen LogP contribution in [0.1, 0.15) is 56.3 Å². The Morgan fingerprint density at radius 2 is 2.00 bits per heavy atom. The minimum absolute atomic E-state index is 0.0930. The lowest BCUT2D eigenvalue weighted by Gasteiger charge is -2.36. The molecule has 3 atom stereocenters. The summed E-state index contributed by atoms with van der Waals surface area (Å²) in [6, 6.07) is 5.59. The van der Waals surface area contributed by atoms with E-state index in [9.17, 15) is 4.39 Å². The fraction of sp³-hybridized carbons (Fsp3) is 0.545. The molecule has 2 aliphatic heterocycles. The third kappa shape index (κ3) is 4.67. The van der Waals surface area contributed by atoms with Crippen LogP contribution < -0.4 is 4.90 Å². The Hall–Kier alpha value is -2.25. The standard InChI is InChI=1S/C22H29FN4O2/c1-15-10-20(25-27(15)22-6-4-5-9-28-22)19(23)11-18-7-8-21(24-12-18)26-13-16(2)29-17(3)14-26/h7-8,10-12,16-17,22H,4-6,9,13-14H2,1-3H3. The maximum atomic E-state index is 14.8. The first-order valence-corrected chi connectivity index (χ1v) is 10.4. The SMILES string of the molecule is Cc1cc(C(F)=Cc2ccc(N3CC(C)OC(C)C3)nc2)nn1C1CCCCO1. The van der Waals surface area contributed by atoms with Crippen molar-refractivity contribution in [3.05, 3.63) is 41.3 Å². The van der Waals surface area contributed by atoms with Gasteiger partial charge in [-0.1, -0.05) is 0 Å². The summed E-state index contributed by atoms with van der Waals surface area (Å²) in [5.74, 6) is 0.518. The first kappa shape index (κ1) is 20.0. The zero-order valence-corrected chi connectivity index (χ0v) is 17.3. The van der Waals surface area contributed by atoms with Gasteiger partial charge in [0.05, 0.1) is 12.2 Å². The monoisotopic (exact) mass is 400 g/mol. The highest BCUT2D eigenvalue weighted by Crippen LogP contribution is 2.27. The van der Waals surface area contributed by atoms with Gasteiger partial charge in [0.2, 0.25) is 0 Å². The van der Waals surface area contributed by atoms with Gasteiger partial charge < -0.3 is 14.4 Å². The molecule has 6 nitrogen and oxygen atoms in total. The molecule has 0 aromatic carbocycles. The maximum Gasteiger partial charge on any atom is 0.151 e. The van der Waals surface area contributed by atoms with Crippen molar-refractivity contribution in [3.8, 4) is 0 Å². The van der Waals surface area contributed by atoms with Crippen molar-refractivity contribution in [3.63, 3.8) is 0 Å². The van der Waals surface area contributed by atoms with Gasteiger partial charge >= 0.3 is 0 Å². The first-order valence-electron chi connectivity index (χ1n) is 10.4. The molecule has 2 aliphatic rings. The highest BCUT2D eigenvalue weighted by molar-refractivity contribution is 5.75. The molecule has 4 heterocycles. The minimum atomic E-state index is -0.370. The predicted octanol–water partition coefficient (Wildman–Crippen LogP) is 4.37. The van der Waals surface area contributed by atoms with Gasteiger partial charge in [0, 0.05) is 31.6 Å². The Balaban J connectivity index is 1.48. The average molecular weight is 400 g/mol. The highest BCUT2D eigenvalue weighted by Gasteiger charge is 2.23. The van der Waals surface area contributed by atoms with Gasteiger partial charge in [-0.15, -0.1) is 0 Å². The molecule has 2 fully saturated rings. The molecule has 0 saturated carbocycles. The summed E-state index contributed by atoms with van der Waals surface area (Å²) in [4.78, 5) is 6.73. The van der Waals surface area contributed by atoms with Gasteiger partial charge in [-0.3, -0.25) is 0 Å². The lowest BCUT2D eigenvalue weighted by atomic mass is 10.2. The molecule has 0 spiro atoms. The molecule has 156 valence electrons. The molecule has 0 amide bonds. The van der Waals surface area contributed by atoms with Crippen molar-refractivity contribution < 1.29 is 13.9 Å². The third-order valence-electron chi connectivity index (χ3n) is 5.40. The molecular weight excluding hydrogens is 371 g/mol. The summed E-state index contributed by atoms with van der Waals surface area (Å²) in [6.45, 7) is 8.41. The molecule has 0 bridgehead atoms. The van der Waals surface area contributed by atoms with Gasteiger partial charge in [-0.05, 0) is 69.9 Å². The molecule has 0 N–H and O–H groups in total. The number of hydrogen-bond donors (Lipinski definition) is 0. The topological polar surface area (TPSA) is 52.4 Å². The molecule has 3 unspecified atom stereocenters. The molecule has 2 saturated heterocycles. The lowest BCUT2D eigenvalue weighted by Crippen LogP contribution is -2.45. The zero-order chi connectivity index (χ0) is 20.4. The van der Waals surface area contributed by atoms with Gasteiger partial charge in [-0.25, -0.2) is 14.1 Å². The number of aryl methyl sites for hydroxylation is 1. The van der Waals surface area contributed by atoms with Crippen LogP contribution in [-0.4, -0.2) is 46.7 Å². The van der Waals surface area contributed by atoms with Gasteiger partial charge in [0.15, 0.2) is 5.83 Å². The summed E-state index contributed by atoms with van der Waals surface area (Å²) in [7, 11) is 0. The normalized spacial score (nSPS) is 26.0. The second-order valence-electron chi connectivity index (χ2n) is 8.04. The number of nitrogens with zero attached hydrogens (tertiary/aromatic N) is 4. The van der Waals surface area contributed by atoms with E-state index < -0.39 is 0 Å². The van der Waals surface area contributed by atoms with Crippen LogP contribution in [0, 0.1) is 6.92 Å². The molecule has 0 radical (unpaired) electrons. The van der Waals surface area contributed by atoms with Crippen LogP contribution in [0.2, 0.25) is 0 Å². The summed E-state index contributed by atoms with van der Waals surface area (Å²) in [5.41, 5.74) is 1.94. The maximum absolute atomic E-state index is 14.8. The van der Waals surface area contributed by atoms with Crippen molar-refractivity contribution >= 4 is 17.7 Å². The Bertz CT molecular complexity index is 848. The minimum Gasteiger partial charge on any atom is -0.372 e. The molecule has 29 heavy (non-hydrogen) atoms. The summed E-state index contributed by atoms with van der Waals surface area (Å²) in [6.07, 6.45) is 6.53. The molecule has 2 aromatic heterocycles. The van der Waals surface area contributed by atoms with E-state index in [1.807, 2.05) is 19.1 Å². The third-order valence-corrected chi connectivity index (χ3v) is 5.40. The average Bonchev–Trinajstić information content (AvgIpc) is 3.10. The van der Waals surface area contributed by atoms with Crippen LogP contribution in [0.5, 0.6) is 0 Å². The van der Waals surface area contributed by atoms with Gasteiger partial charge in [-0.2, -0.15) is 5.10 Å². The van der Waals surface area contributed by atoms with Crippen molar-refractivity contribution in [1.82, 2.24) is 14.8 Å². The van der Waals surface area contributed by atoms with Crippen LogP contribution >= 0.6 is 0 Å². The van der Waals surface area contributed by atoms with Crippen molar-refractivity contribution in [2.75, 3.05) is 24.6 Å². The quantitative estimate of drug-likeness (QED) is 0.763. The Kier molecular flexibility index (Phi) is 5.96. The second-order valence-corrected chi connectivity index (χ2v) is 8.04. The van der Waals surface area contributed by atoms with Gasteiger partial charge in [0.1, 0.15) is 17.7 Å². The van der Waals surface area contributed by atoms with Crippen molar-refractivity contribution in [2.24, 2.45) is 0 Å². The van der Waals surface area contributed by atoms with E-state index in [1.54, 1.807) is 16.9 Å². The van der Waals surface area contributed by atoms with Crippen LogP contribution in [0.15, 0.2) is 24.4 Å². The number of aromatic nitrogens is 3. The number of rotatable bonds is 4. The zero-order valence-electron chi connectivity index (χ0n) is 17.3. The Morgan fingerprint density at radius 3 is 2.66 bits per heavy atom. The van der Waals surface area contributed by atoms with E-state index in [2.05, 4.69) is 28.8 Å².